The van der Waals surface area contributed by atoms with Crippen LogP contribution in [0.2, 0.25) is 18.6 Å². The van der Waals surface area contributed by atoms with Gasteiger partial charge in [-0.2, -0.15) is 5.10 Å². The van der Waals surface area contributed by atoms with E-state index in [0.717, 1.165) is 22.4 Å². The predicted molar refractivity (Wildman–Crippen MR) is 218 cm³/mol. The van der Waals surface area contributed by atoms with Gasteiger partial charge in [-0.05, 0) is 66.5 Å². The summed E-state index contributed by atoms with van der Waals surface area (Å²) in [7, 11) is -1.84. The Morgan fingerprint density at radius 1 is 0.982 bits per heavy atom. The summed E-state index contributed by atoms with van der Waals surface area (Å²) >= 11 is 0. The number of rotatable bonds is 12. The quantitative estimate of drug-likeness (QED) is 0.104. The van der Waals surface area contributed by atoms with Crippen molar-refractivity contribution in [2.75, 3.05) is 23.6 Å². The van der Waals surface area contributed by atoms with Gasteiger partial charge in [0, 0.05) is 42.6 Å². The van der Waals surface area contributed by atoms with E-state index in [4.69, 9.17) is 14.6 Å². The molecular formula is C44H47FN6O5Si. The number of ether oxygens (including phenoxy) is 2. The number of hydrazone groups is 1. The van der Waals surface area contributed by atoms with Crippen molar-refractivity contribution in [1.82, 2.24) is 15.0 Å². The topological polar surface area (TPSA) is 122 Å². The van der Waals surface area contributed by atoms with Crippen LogP contribution in [-0.2, 0) is 33.0 Å². The molecule has 4 aromatic carbocycles. The largest absolute Gasteiger partial charge is 0.497 e. The standard InChI is InChI=1S/C44H47FN6O5Si/c1-29-42(57(3,4)45)40(23-24-49-27-38(46-48-49)35(28-52)31-11-7-5-8-12-31)56-44(29)36-25-34(55-2)19-21-39(36)50(43(44)54)26-30-15-17-33(18-16-30)51-41(53)22-20-37(47-51)32-13-9-6-10-14-32/h5-19,21,25,27,29,35,40,42,52H,20,22-24,26,28H2,1-4H3/t29-,35?,40+,42-,44+/m0/s1. The van der Waals surface area contributed by atoms with Gasteiger partial charge in [0.05, 0.1) is 55.1 Å². The molecule has 1 spiro atoms. The minimum atomic E-state index is -3.42. The lowest BCUT2D eigenvalue weighted by Crippen LogP contribution is -2.45. The summed E-state index contributed by atoms with van der Waals surface area (Å²) in [6, 6.07) is 32.6. The van der Waals surface area contributed by atoms with Crippen molar-refractivity contribution in [3.05, 3.63) is 137 Å². The highest BCUT2D eigenvalue weighted by Gasteiger charge is 2.66. The fraction of sp³-hybridized carbons (Fsp3) is 0.341. The molecule has 294 valence electrons. The molecule has 0 saturated carbocycles. The van der Waals surface area contributed by atoms with Crippen LogP contribution in [0, 0.1) is 5.92 Å². The first kappa shape index (κ1) is 38.4. The maximum atomic E-state index is 16.5. The van der Waals surface area contributed by atoms with Gasteiger partial charge in [-0.25, -0.2) is 5.01 Å². The lowest BCUT2D eigenvalue weighted by Gasteiger charge is -2.31. The van der Waals surface area contributed by atoms with Gasteiger partial charge in [-0.15, -0.1) is 5.10 Å². The second kappa shape index (κ2) is 15.4. The Balaban J connectivity index is 1.06. The van der Waals surface area contributed by atoms with Gasteiger partial charge in [0.2, 0.25) is 14.3 Å². The fourth-order valence-electron chi connectivity index (χ4n) is 8.99. The number of methoxy groups -OCH3 is 1. The number of hydrogen-bond acceptors (Lipinski definition) is 8. The third-order valence-corrected chi connectivity index (χ3v) is 14.2. The van der Waals surface area contributed by atoms with Crippen LogP contribution >= 0.6 is 0 Å². The number of aliphatic hydroxyl groups is 1. The number of aryl methyl sites for hydroxylation is 1. The molecule has 57 heavy (non-hydrogen) atoms. The first-order chi connectivity index (χ1) is 27.5. The van der Waals surface area contributed by atoms with Crippen LogP contribution in [0.25, 0.3) is 0 Å². The molecule has 5 atom stereocenters. The second-order valence-corrected chi connectivity index (χ2v) is 19.5. The Morgan fingerprint density at radius 3 is 2.39 bits per heavy atom. The molecule has 2 amide bonds. The van der Waals surface area contributed by atoms with Crippen molar-refractivity contribution in [2.24, 2.45) is 11.0 Å². The Hall–Kier alpha value is -5.50. The second-order valence-electron chi connectivity index (χ2n) is 15.7. The summed E-state index contributed by atoms with van der Waals surface area (Å²) in [5.41, 5.74) is 4.33. The van der Waals surface area contributed by atoms with E-state index in [9.17, 15) is 14.7 Å². The highest BCUT2D eigenvalue weighted by molar-refractivity contribution is 6.72. The highest BCUT2D eigenvalue weighted by atomic mass is 28.4. The number of nitrogens with zero attached hydrogens (tertiary/aromatic N) is 6. The van der Waals surface area contributed by atoms with Crippen molar-refractivity contribution < 1.29 is 28.3 Å². The number of carbonyl (C=O) groups is 2. The molecule has 5 aromatic rings. The van der Waals surface area contributed by atoms with Crippen LogP contribution in [-0.4, -0.2) is 65.9 Å². The molecule has 0 radical (unpaired) electrons. The molecule has 1 fully saturated rings. The third kappa shape index (κ3) is 7.08. The molecule has 8 rings (SSSR count). The number of halogens is 1. The summed E-state index contributed by atoms with van der Waals surface area (Å²) in [5.74, 6) is -0.552. The van der Waals surface area contributed by atoms with Crippen LogP contribution in [0.1, 0.15) is 60.1 Å². The van der Waals surface area contributed by atoms with Gasteiger partial charge < -0.3 is 23.6 Å². The van der Waals surface area contributed by atoms with Gasteiger partial charge in [-0.3, -0.25) is 14.3 Å². The zero-order valence-electron chi connectivity index (χ0n) is 32.6. The Bertz CT molecular complexity index is 2280. The van der Waals surface area contributed by atoms with E-state index in [1.54, 1.807) is 29.8 Å². The van der Waals surface area contributed by atoms with E-state index in [0.29, 0.717) is 54.2 Å². The third-order valence-electron chi connectivity index (χ3n) is 11.8. The average Bonchev–Trinajstić information content (AvgIpc) is 3.88. The lowest BCUT2D eigenvalue weighted by atomic mass is 9.82. The summed E-state index contributed by atoms with van der Waals surface area (Å²) in [4.78, 5) is 29.7. The van der Waals surface area contributed by atoms with Gasteiger partial charge in [0.15, 0.2) is 5.60 Å². The van der Waals surface area contributed by atoms with Crippen LogP contribution in [0.3, 0.4) is 0 Å². The molecule has 13 heteroatoms. The van der Waals surface area contributed by atoms with Crippen molar-refractivity contribution in [1.29, 1.82) is 0 Å². The number of aliphatic hydroxyl groups excluding tert-OH is 1. The van der Waals surface area contributed by atoms with E-state index in [-0.39, 0.29) is 30.9 Å². The van der Waals surface area contributed by atoms with Crippen molar-refractivity contribution in [3.8, 4) is 5.75 Å². The summed E-state index contributed by atoms with van der Waals surface area (Å²) in [6.07, 6.45) is 2.59. The fourth-order valence-corrected chi connectivity index (χ4v) is 11.5. The maximum Gasteiger partial charge on any atom is 0.264 e. The minimum Gasteiger partial charge on any atom is -0.497 e. The zero-order valence-corrected chi connectivity index (χ0v) is 33.6. The maximum absolute atomic E-state index is 16.5. The molecular weight excluding hydrogens is 740 g/mol. The van der Waals surface area contributed by atoms with Crippen LogP contribution < -0.4 is 14.6 Å². The first-order valence-corrected chi connectivity index (χ1v) is 22.4. The Morgan fingerprint density at radius 2 is 1.70 bits per heavy atom. The summed E-state index contributed by atoms with van der Waals surface area (Å²) < 4.78 is 30.9. The molecule has 3 aliphatic rings. The van der Waals surface area contributed by atoms with Crippen molar-refractivity contribution in [2.45, 2.75) is 75.5 Å². The zero-order chi connectivity index (χ0) is 39.9. The van der Waals surface area contributed by atoms with Crippen molar-refractivity contribution >= 4 is 37.3 Å². The van der Waals surface area contributed by atoms with E-state index < -0.39 is 31.6 Å². The predicted octanol–water partition coefficient (Wildman–Crippen LogP) is 7.35. The highest BCUT2D eigenvalue weighted by Crippen LogP contribution is 2.60. The van der Waals surface area contributed by atoms with Crippen LogP contribution in [0.15, 0.2) is 114 Å². The Labute approximate surface area is 332 Å². The SMILES string of the molecule is COc1ccc2c(c1)[C@@]1(O[C@H](CCn3cc(C(CO)c4ccccc4)nn3)[C@@H]([Si](C)(C)F)[C@@H]1C)C(=O)N2Cc1ccc(N2N=C(c3ccccc3)CCC2=O)cc1. The van der Waals surface area contributed by atoms with Gasteiger partial charge in [0.1, 0.15) is 5.75 Å². The summed E-state index contributed by atoms with van der Waals surface area (Å²) in [6.45, 7) is 5.83. The summed E-state index contributed by atoms with van der Waals surface area (Å²) in [5, 5.41) is 25.1. The smallest absolute Gasteiger partial charge is 0.264 e. The number of carbonyl (C=O) groups excluding carboxylic acids is 2. The lowest BCUT2D eigenvalue weighted by molar-refractivity contribution is -0.146. The van der Waals surface area contributed by atoms with Crippen LogP contribution in [0.4, 0.5) is 15.5 Å². The molecule has 1 N–H and O–H groups in total. The molecule has 3 aliphatic heterocycles. The monoisotopic (exact) mass is 786 g/mol. The molecule has 1 unspecified atom stereocenters. The van der Waals surface area contributed by atoms with Gasteiger partial charge in [0.25, 0.3) is 5.91 Å². The average molecular weight is 787 g/mol. The molecule has 11 nitrogen and oxygen atoms in total. The van der Waals surface area contributed by atoms with E-state index in [2.05, 4.69) is 10.3 Å². The van der Waals surface area contributed by atoms with Gasteiger partial charge in [-0.1, -0.05) is 84.9 Å². The van der Waals surface area contributed by atoms with Gasteiger partial charge >= 0.3 is 0 Å². The number of aromatic nitrogens is 3. The molecule has 0 bridgehead atoms. The molecule has 4 heterocycles. The number of fused-ring (bicyclic) bond motifs is 2. The van der Waals surface area contributed by atoms with Crippen molar-refractivity contribution in [3.63, 3.8) is 0 Å². The minimum absolute atomic E-state index is 0.0800. The van der Waals surface area contributed by atoms with E-state index in [1.807, 2.05) is 116 Å². The molecule has 1 saturated heterocycles. The Kier molecular flexibility index (Phi) is 10.4. The normalized spacial score (nSPS) is 22.6. The van der Waals surface area contributed by atoms with Crippen LogP contribution in [0.5, 0.6) is 5.75 Å². The van der Waals surface area contributed by atoms with E-state index >= 15 is 4.11 Å². The van der Waals surface area contributed by atoms with E-state index in [1.165, 1.54) is 5.01 Å². The number of anilines is 2. The number of hydrogen-bond donors (Lipinski definition) is 1. The number of amides is 2. The molecule has 1 aromatic heterocycles. The first-order valence-electron chi connectivity index (χ1n) is 19.5. The molecule has 0 aliphatic carbocycles. The number of benzene rings is 4.